The summed E-state index contributed by atoms with van der Waals surface area (Å²) in [5, 5.41) is 2.60. The van der Waals surface area contributed by atoms with E-state index in [1.807, 2.05) is 0 Å². The van der Waals surface area contributed by atoms with Crippen LogP contribution in [0.5, 0.6) is 0 Å². The van der Waals surface area contributed by atoms with Gasteiger partial charge >= 0.3 is 7.12 Å². The van der Waals surface area contributed by atoms with E-state index in [4.69, 9.17) is 9.31 Å². The zero-order valence-corrected chi connectivity index (χ0v) is 22.3. The van der Waals surface area contributed by atoms with E-state index in [1.165, 1.54) is 60.9 Å². The van der Waals surface area contributed by atoms with E-state index in [2.05, 4.69) is 119 Å². The second-order valence-electron chi connectivity index (χ2n) is 12.4. The number of hydrogen-bond donors (Lipinski definition) is 0. The molecule has 0 bridgehead atoms. The van der Waals surface area contributed by atoms with Gasteiger partial charge in [-0.15, -0.1) is 0 Å². The van der Waals surface area contributed by atoms with Crippen LogP contribution in [0.25, 0.3) is 49.7 Å². The van der Waals surface area contributed by atoms with Crippen molar-refractivity contribution in [2.24, 2.45) is 0 Å². The third-order valence-electron chi connectivity index (χ3n) is 9.59. The fourth-order valence-electron chi connectivity index (χ4n) is 6.98. The van der Waals surface area contributed by atoms with Crippen molar-refractivity contribution in [2.75, 3.05) is 0 Å². The molecule has 4 heteroatoms. The molecule has 0 saturated carbocycles. The minimum atomic E-state index is -0.441. The van der Waals surface area contributed by atoms with E-state index >= 15 is 0 Å². The van der Waals surface area contributed by atoms with E-state index < -0.39 is 18.3 Å². The van der Waals surface area contributed by atoms with Crippen LogP contribution >= 0.6 is 0 Å². The summed E-state index contributed by atoms with van der Waals surface area (Å²) in [4.78, 5) is 0. The van der Waals surface area contributed by atoms with Gasteiger partial charge in [-0.25, -0.2) is 0 Å². The number of nitrogens with zero attached hydrogens (tertiary/aromatic N) is 1. The lowest BCUT2D eigenvalue weighted by atomic mass is 9.72. The fourth-order valence-corrected chi connectivity index (χ4v) is 6.98. The number of hydrogen-bond acceptors (Lipinski definition) is 2. The van der Waals surface area contributed by atoms with Gasteiger partial charge in [0, 0.05) is 27.3 Å². The van der Waals surface area contributed by atoms with Gasteiger partial charge in [0.15, 0.2) is 0 Å². The van der Waals surface area contributed by atoms with Crippen molar-refractivity contribution in [1.29, 1.82) is 0 Å². The molecular formula is C33H30BNO2. The lowest BCUT2D eigenvalue weighted by molar-refractivity contribution is 0.00578. The molecule has 4 aromatic carbocycles. The van der Waals surface area contributed by atoms with Crippen molar-refractivity contribution in [3.05, 3.63) is 83.9 Å². The maximum absolute atomic E-state index is 6.64. The first-order valence-electron chi connectivity index (χ1n) is 13.3. The Morgan fingerprint density at radius 3 is 2.11 bits per heavy atom. The Kier molecular flexibility index (Phi) is 3.85. The molecule has 8 rings (SSSR count). The molecule has 0 amide bonds. The Balaban J connectivity index is 1.57. The Morgan fingerprint density at radius 2 is 1.32 bits per heavy atom. The first-order chi connectivity index (χ1) is 17.6. The maximum atomic E-state index is 6.64. The van der Waals surface area contributed by atoms with Crippen LogP contribution in [0.4, 0.5) is 0 Å². The van der Waals surface area contributed by atoms with Gasteiger partial charge in [-0.2, -0.15) is 0 Å². The van der Waals surface area contributed by atoms with Gasteiger partial charge in [0.05, 0.1) is 27.9 Å². The van der Waals surface area contributed by atoms with E-state index in [-0.39, 0.29) is 5.41 Å². The summed E-state index contributed by atoms with van der Waals surface area (Å²) in [6.07, 6.45) is 0. The van der Waals surface area contributed by atoms with Crippen molar-refractivity contribution in [2.45, 2.75) is 58.2 Å². The molecule has 1 saturated heterocycles. The summed E-state index contributed by atoms with van der Waals surface area (Å²) in [6, 6.07) is 27.0. The molecule has 0 unspecified atom stereocenters. The Bertz CT molecular complexity index is 1810. The van der Waals surface area contributed by atoms with Gasteiger partial charge in [-0.3, -0.25) is 0 Å². The van der Waals surface area contributed by atoms with Gasteiger partial charge in [0.1, 0.15) is 0 Å². The monoisotopic (exact) mass is 483 g/mol. The molecule has 3 aliphatic rings. The van der Waals surface area contributed by atoms with Crippen molar-refractivity contribution >= 4 is 34.4 Å². The second kappa shape index (κ2) is 6.56. The third kappa shape index (κ3) is 2.46. The minimum absolute atomic E-state index is 0.0764. The van der Waals surface area contributed by atoms with Crippen LogP contribution in [0.1, 0.15) is 52.7 Å². The number of para-hydroxylation sites is 1. The molecule has 5 aromatic rings. The van der Waals surface area contributed by atoms with Crippen LogP contribution in [-0.2, 0) is 14.7 Å². The molecule has 3 heterocycles. The molecular weight excluding hydrogens is 453 g/mol. The number of aromatic nitrogens is 1. The topological polar surface area (TPSA) is 23.4 Å². The fraction of sp³-hybridized carbons (Fsp3) is 0.273. The quantitative estimate of drug-likeness (QED) is 0.228. The molecule has 0 atom stereocenters. The highest BCUT2D eigenvalue weighted by Gasteiger charge is 2.53. The molecule has 1 aromatic heterocycles. The molecule has 37 heavy (non-hydrogen) atoms. The average molecular weight is 483 g/mol. The molecule has 1 aliphatic carbocycles. The van der Waals surface area contributed by atoms with Crippen LogP contribution in [0, 0.1) is 0 Å². The van der Waals surface area contributed by atoms with Gasteiger partial charge in [-0.1, -0.05) is 74.5 Å². The van der Waals surface area contributed by atoms with Crippen LogP contribution in [0.15, 0.2) is 72.8 Å². The van der Waals surface area contributed by atoms with Crippen LogP contribution in [-0.4, -0.2) is 22.9 Å². The standard InChI is InChI=1S/C33H30BNO2/c1-31(2)22-13-9-12-21-27(22)29-23(31)18-17-20-19-11-7-8-15-25(19)35(30(20)29)26-16-10-14-24(28(21)26)34-36-32(3,4)33(5,6)37-34/h7-18H,1-6H3. The second-order valence-corrected chi connectivity index (χ2v) is 12.4. The molecule has 3 nitrogen and oxygen atoms in total. The first-order valence-corrected chi connectivity index (χ1v) is 13.3. The highest BCUT2D eigenvalue weighted by Crippen LogP contribution is 2.57. The van der Waals surface area contributed by atoms with Gasteiger partial charge in [0.25, 0.3) is 0 Å². The summed E-state index contributed by atoms with van der Waals surface area (Å²) < 4.78 is 15.8. The van der Waals surface area contributed by atoms with Crippen molar-refractivity contribution in [1.82, 2.24) is 4.57 Å². The summed E-state index contributed by atoms with van der Waals surface area (Å²) in [5.41, 5.74) is 11.9. The van der Waals surface area contributed by atoms with E-state index in [1.54, 1.807) is 0 Å². The number of rotatable bonds is 1. The third-order valence-corrected chi connectivity index (χ3v) is 9.59. The molecule has 0 N–H and O–H groups in total. The summed E-state index contributed by atoms with van der Waals surface area (Å²) in [7, 11) is -0.441. The largest absolute Gasteiger partial charge is 0.495 e. The zero-order chi connectivity index (χ0) is 25.5. The molecule has 2 aliphatic heterocycles. The smallest absolute Gasteiger partial charge is 0.399 e. The predicted octanol–water partition coefficient (Wildman–Crippen LogP) is 7.37. The average Bonchev–Trinajstić information content (AvgIpc) is 3.36. The Labute approximate surface area is 218 Å². The summed E-state index contributed by atoms with van der Waals surface area (Å²) in [5.74, 6) is 0. The molecule has 1 fully saturated rings. The maximum Gasteiger partial charge on any atom is 0.495 e. The highest BCUT2D eigenvalue weighted by molar-refractivity contribution is 6.64. The molecule has 0 radical (unpaired) electrons. The minimum Gasteiger partial charge on any atom is -0.399 e. The SMILES string of the molecule is CC1(C)c2cccc3c2-c2c1ccc1c4ccccc4n(c21)-c1cccc(B2OC(C)(C)C(C)(C)O2)c1-3. The lowest BCUT2D eigenvalue weighted by Gasteiger charge is -2.32. The number of benzene rings is 4. The Morgan fingerprint density at radius 1 is 0.622 bits per heavy atom. The summed E-state index contributed by atoms with van der Waals surface area (Å²) in [6.45, 7) is 13.2. The van der Waals surface area contributed by atoms with Gasteiger partial charge in [0.2, 0.25) is 0 Å². The van der Waals surface area contributed by atoms with E-state index in [9.17, 15) is 0 Å². The van der Waals surface area contributed by atoms with Crippen LogP contribution in [0.2, 0.25) is 0 Å². The van der Waals surface area contributed by atoms with Crippen molar-refractivity contribution in [3.63, 3.8) is 0 Å². The van der Waals surface area contributed by atoms with Gasteiger partial charge in [-0.05, 0) is 67.5 Å². The van der Waals surface area contributed by atoms with Gasteiger partial charge < -0.3 is 13.9 Å². The van der Waals surface area contributed by atoms with Crippen molar-refractivity contribution < 1.29 is 9.31 Å². The predicted molar refractivity (Wildman–Crippen MR) is 153 cm³/mol. The first kappa shape index (κ1) is 21.7. The van der Waals surface area contributed by atoms with E-state index in [0.29, 0.717) is 0 Å². The number of fused-ring (bicyclic) bond motifs is 6. The summed E-state index contributed by atoms with van der Waals surface area (Å²) >= 11 is 0. The van der Waals surface area contributed by atoms with Crippen molar-refractivity contribution in [3.8, 4) is 27.9 Å². The van der Waals surface area contributed by atoms with Crippen LogP contribution < -0.4 is 5.46 Å². The Hall–Kier alpha value is -3.34. The normalized spacial score (nSPS) is 19.5. The highest BCUT2D eigenvalue weighted by atomic mass is 16.7. The lowest BCUT2D eigenvalue weighted by Crippen LogP contribution is -2.41. The van der Waals surface area contributed by atoms with Crippen LogP contribution in [0.3, 0.4) is 0 Å². The van der Waals surface area contributed by atoms with E-state index in [0.717, 1.165) is 5.46 Å². The molecule has 182 valence electrons. The zero-order valence-electron chi connectivity index (χ0n) is 22.3. The molecule has 0 spiro atoms.